The Hall–Kier alpha value is -1.62. The monoisotopic (exact) mass is 213 g/mol. The second-order valence-electron chi connectivity index (χ2n) is 2.96. The molecule has 5 heteroatoms. The minimum Gasteiger partial charge on any atom is -0.507 e. The van der Waals surface area contributed by atoms with Gasteiger partial charge in [0.25, 0.3) is 0 Å². The molecule has 1 aromatic rings. The van der Waals surface area contributed by atoms with Crippen molar-refractivity contribution in [2.45, 2.75) is 0 Å². The number of rotatable bonds is 4. The minimum absolute atomic E-state index is 0.0309. The number of benzene rings is 1. The second kappa shape index (κ2) is 4.75. The Bertz CT molecular complexity index is 356. The highest BCUT2D eigenvalue weighted by Gasteiger charge is 2.17. The molecule has 15 heavy (non-hydrogen) atoms. The summed E-state index contributed by atoms with van der Waals surface area (Å²) in [5, 5.41) is 12.0. The average Bonchev–Trinajstić information content (AvgIpc) is 2.16. The first kappa shape index (κ1) is 11.5. The fourth-order valence-corrected chi connectivity index (χ4v) is 1.21. The van der Waals surface area contributed by atoms with E-state index in [-0.39, 0.29) is 17.9 Å². The lowest BCUT2D eigenvalue weighted by atomic mass is 10.1. The first-order chi connectivity index (χ1) is 7.10. The first-order valence-corrected chi connectivity index (χ1v) is 4.34. The van der Waals surface area contributed by atoms with E-state index in [0.29, 0.717) is 0 Å². The van der Waals surface area contributed by atoms with Gasteiger partial charge in [0.05, 0.1) is 19.2 Å². The third kappa shape index (κ3) is 2.44. The van der Waals surface area contributed by atoms with Crippen molar-refractivity contribution < 1.29 is 19.0 Å². The van der Waals surface area contributed by atoms with Crippen molar-refractivity contribution in [3.63, 3.8) is 0 Å². The normalized spacial score (nSPS) is 10.1. The molecular weight excluding hydrogens is 201 g/mol. The number of likely N-dealkylation sites (N-methyl/N-ethyl adjacent to an activating group) is 1. The summed E-state index contributed by atoms with van der Waals surface area (Å²) in [6.45, 7) is -0.0309. The highest BCUT2D eigenvalue weighted by Crippen LogP contribution is 2.26. The van der Waals surface area contributed by atoms with E-state index in [0.717, 1.165) is 6.07 Å². The largest absolute Gasteiger partial charge is 0.507 e. The molecule has 4 nitrogen and oxygen atoms in total. The molecule has 0 aliphatic rings. The molecule has 0 aliphatic heterocycles. The van der Waals surface area contributed by atoms with Crippen molar-refractivity contribution in [2.24, 2.45) is 0 Å². The van der Waals surface area contributed by atoms with Gasteiger partial charge in [-0.15, -0.1) is 0 Å². The molecule has 0 aliphatic carbocycles. The maximum Gasteiger partial charge on any atom is 0.183 e. The maximum atomic E-state index is 13.4. The highest BCUT2D eigenvalue weighted by atomic mass is 19.1. The molecule has 0 heterocycles. The number of carbonyl (C=O) groups is 1. The SMILES string of the molecule is CNCC(=O)c1c(O)cc(OC)cc1F. The van der Waals surface area contributed by atoms with E-state index in [4.69, 9.17) is 4.74 Å². The molecule has 0 radical (unpaired) electrons. The fraction of sp³-hybridized carbons (Fsp3) is 0.300. The van der Waals surface area contributed by atoms with Crippen LogP contribution in [0.3, 0.4) is 0 Å². The van der Waals surface area contributed by atoms with Gasteiger partial charge in [-0.1, -0.05) is 0 Å². The molecule has 0 bridgehead atoms. The lowest BCUT2D eigenvalue weighted by molar-refractivity contribution is 0.0987. The van der Waals surface area contributed by atoms with Crippen LogP contribution in [0.25, 0.3) is 0 Å². The molecule has 0 aromatic heterocycles. The van der Waals surface area contributed by atoms with Gasteiger partial charge in [-0.25, -0.2) is 4.39 Å². The van der Waals surface area contributed by atoms with E-state index in [1.54, 1.807) is 7.05 Å². The van der Waals surface area contributed by atoms with Crippen molar-refractivity contribution in [3.05, 3.63) is 23.5 Å². The van der Waals surface area contributed by atoms with Crippen LogP contribution in [0, 0.1) is 5.82 Å². The summed E-state index contributed by atoms with van der Waals surface area (Å²) in [7, 11) is 2.92. The number of nitrogens with one attached hydrogen (secondary N) is 1. The third-order valence-electron chi connectivity index (χ3n) is 1.89. The third-order valence-corrected chi connectivity index (χ3v) is 1.89. The zero-order valence-corrected chi connectivity index (χ0v) is 8.50. The van der Waals surface area contributed by atoms with E-state index >= 15 is 0 Å². The Morgan fingerprint density at radius 3 is 2.73 bits per heavy atom. The number of phenolic OH excluding ortho intramolecular Hbond substituents is 1. The molecule has 0 saturated heterocycles. The number of carbonyl (C=O) groups excluding carboxylic acids is 1. The molecule has 0 saturated carbocycles. The average molecular weight is 213 g/mol. The highest BCUT2D eigenvalue weighted by molar-refractivity contribution is 6.00. The van der Waals surface area contributed by atoms with Crippen LogP contribution in [0.4, 0.5) is 4.39 Å². The first-order valence-electron chi connectivity index (χ1n) is 4.34. The van der Waals surface area contributed by atoms with E-state index in [1.807, 2.05) is 0 Å². The number of methoxy groups -OCH3 is 1. The number of hydrogen-bond donors (Lipinski definition) is 2. The number of Topliss-reactive ketones (excluding diaryl/α,β-unsaturated/α-hetero) is 1. The molecule has 0 amide bonds. The van der Waals surface area contributed by atoms with Crippen LogP contribution >= 0.6 is 0 Å². The van der Waals surface area contributed by atoms with Crippen LogP contribution in [-0.4, -0.2) is 31.6 Å². The molecule has 0 atom stereocenters. The standard InChI is InChI=1S/C10H12FNO3/c1-12-5-9(14)10-7(11)3-6(15-2)4-8(10)13/h3-4,12-13H,5H2,1-2H3. The Balaban J connectivity index is 3.13. The van der Waals surface area contributed by atoms with E-state index < -0.39 is 17.3 Å². The summed E-state index contributed by atoms with van der Waals surface area (Å²) in [5.41, 5.74) is -0.315. The molecule has 0 spiro atoms. The van der Waals surface area contributed by atoms with E-state index in [1.165, 1.54) is 13.2 Å². The van der Waals surface area contributed by atoms with Crippen molar-refractivity contribution in [1.29, 1.82) is 0 Å². The number of ketones is 1. The molecule has 1 aromatic carbocycles. The van der Waals surface area contributed by atoms with Crippen molar-refractivity contribution in [2.75, 3.05) is 20.7 Å². The Morgan fingerprint density at radius 2 is 2.27 bits per heavy atom. The maximum absolute atomic E-state index is 13.4. The van der Waals surface area contributed by atoms with Crippen molar-refractivity contribution in [3.8, 4) is 11.5 Å². The van der Waals surface area contributed by atoms with Crippen LogP contribution in [0.2, 0.25) is 0 Å². The molecule has 1 rings (SSSR count). The summed E-state index contributed by atoms with van der Waals surface area (Å²) in [4.78, 5) is 11.4. The molecule has 0 fully saturated rings. The van der Waals surface area contributed by atoms with Crippen LogP contribution < -0.4 is 10.1 Å². The topological polar surface area (TPSA) is 58.6 Å². The molecule has 0 unspecified atom stereocenters. The van der Waals surface area contributed by atoms with Gasteiger partial charge < -0.3 is 15.2 Å². The smallest absolute Gasteiger partial charge is 0.183 e. The van der Waals surface area contributed by atoms with Gasteiger partial charge in [0, 0.05) is 12.1 Å². The fourth-order valence-electron chi connectivity index (χ4n) is 1.21. The zero-order chi connectivity index (χ0) is 11.4. The van der Waals surface area contributed by atoms with Crippen LogP contribution in [0.5, 0.6) is 11.5 Å². The van der Waals surface area contributed by atoms with Gasteiger partial charge in [0.1, 0.15) is 17.3 Å². The summed E-state index contributed by atoms with van der Waals surface area (Å²) in [6, 6.07) is 2.26. The van der Waals surface area contributed by atoms with Crippen molar-refractivity contribution in [1.82, 2.24) is 5.32 Å². The minimum atomic E-state index is -0.785. The van der Waals surface area contributed by atoms with Crippen LogP contribution in [0.1, 0.15) is 10.4 Å². The van der Waals surface area contributed by atoms with E-state index in [9.17, 15) is 14.3 Å². The predicted octanol–water partition coefficient (Wildman–Crippen LogP) is 0.942. The summed E-state index contributed by atoms with van der Waals surface area (Å²) in [5.74, 6) is -1.53. The lowest BCUT2D eigenvalue weighted by Gasteiger charge is -2.07. The summed E-state index contributed by atoms with van der Waals surface area (Å²) in [6.07, 6.45) is 0. The van der Waals surface area contributed by atoms with E-state index in [2.05, 4.69) is 5.32 Å². The van der Waals surface area contributed by atoms with Gasteiger partial charge in [-0.05, 0) is 7.05 Å². The lowest BCUT2D eigenvalue weighted by Crippen LogP contribution is -2.19. The number of phenols is 1. The number of ether oxygens (including phenoxy) is 1. The molecule has 2 N–H and O–H groups in total. The quantitative estimate of drug-likeness (QED) is 0.731. The van der Waals surface area contributed by atoms with Crippen molar-refractivity contribution >= 4 is 5.78 Å². The van der Waals surface area contributed by atoms with Crippen LogP contribution in [-0.2, 0) is 0 Å². The summed E-state index contributed by atoms with van der Waals surface area (Å²) >= 11 is 0. The Labute approximate surface area is 86.7 Å². The second-order valence-corrected chi connectivity index (χ2v) is 2.96. The number of hydrogen-bond acceptors (Lipinski definition) is 4. The van der Waals surface area contributed by atoms with Crippen LogP contribution in [0.15, 0.2) is 12.1 Å². The number of aromatic hydroxyl groups is 1. The Kier molecular flexibility index (Phi) is 3.62. The van der Waals surface area contributed by atoms with Gasteiger partial charge in [0.2, 0.25) is 0 Å². The molecular formula is C10H12FNO3. The number of halogens is 1. The summed E-state index contributed by atoms with van der Waals surface area (Å²) < 4.78 is 18.1. The Morgan fingerprint density at radius 1 is 1.60 bits per heavy atom. The van der Waals surface area contributed by atoms with Gasteiger partial charge in [-0.3, -0.25) is 4.79 Å². The van der Waals surface area contributed by atoms with Gasteiger partial charge in [0.15, 0.2) is 5.78 Å². The predicted molar refractivity (Wildman–Crippen MR) is 52.9 cm³/mol. The zero-order valence-electron chi connectivity index (χ0n) is 8.50. The van der Waals surface area contributed by atoms with Gasteiger partial charge >= 0.3 is 0 Å². The van der Waals surface area contributed by atoms with Gasteiger partial charge in [-0.2, -0.15) is 0 Å². The molecule has 82 valence electrons.